The third-order valence-electron chi connectivity index (χ3n) is 3.12. The van der Waals surface area contributed by atoms with E-state index in [2.05, 4.69) is 10.0 Å². The van der Waals surface area contributed by atoms with Gasteiger partial charge in [0.2, 0.25) is 10.0 Å². The van der Waals surface area contributed by atoms with Crippen molar-refractivity contribution in [1.29, 1.82) is 0 Å². The molecule has 116 valence electrons. The van der Waals surface area contributed by atoms with Crippen LogP contribution >= 0.6 is 0 Å². The van der Waals surface area contributed by atoms with Crippen molar-refractivity contribution in [1.82, 2.24) is 4.72 Å². The van der Waals surface area contributed by atoms with Crippen LogP contribution in [0.1, 0.15) is 37.0 Å². The van der Waals surface area contributed by atoms with Crippen molar-refractivity contribution in [2.75, 3.05) is 11.9 Å². The van der Waals surface area contributed by atoms with Crippen molar-refractivity contribution in [3.63, 3.8) is 0 Å². The third kappa shape index (κ3) is 4.18. The Morgan fingerprint density at radius 1 is 1.38 bits per heavy atom. The van der Waals surface area contributed by atoms with Crippen molar-refractivity contribution < 1.29 is 18.3 Å². The third-order valence-corrected chi connectivity index (χ3v) is 4.68. The van der Waals surface area contributed by atoms with Crippen LogP contribution in [0.4, 0.5) is 5.69 Å². The van der Waals surface area contributed by atoms with Gasteiger partial charge in [0.15, 0.2) is 0 Å². The molecule has 1 aromatic carbocycles. The summed E-state index contributed by atoms with van der Waals surface area (Å²) in [6.07, 6.45) is 1.65. The Morgan fingerprint density at radius 3 is 2.57 bits per heavy atom. The average Bonchev–Trinajstić information content (AvgIpc) is 3.19. The zero-order chi connectivity index (χ0) is 15.6. The van der Waals surface area contributed by atoms with Crippen LogP contribution < -0.4 is 10.0 Å². The predicted octanol–water partition coefficient (Wildman–Crippen LogP) is 1.89. The van der Waals surface area contributed by atoms with Crippen LogP contribution in [0.2, 0.25) is 0 Å². The van der Waals surface area contributed by atoms with Crippen LogP contribution in [-0.2, 0) is 10.0 Å². The number of carboxylic acid groups (broad SMARTS) is 1. The van der Waals surface area contributed by atoms with E-state index in [0.717, 1.165) is 12.8 Å². The molecule has 7 heteroatoms. The molecule has 0 spiro atoms. The van der Waals surface area contributed by atoms with Crippen LogP contribution in [0.25, 0.3) is 0 Å². The van der Waals surface area contributed by atoms with Gasteiger partial charge in [0.1, 0.15) is 4.90 Å². The van der Waals surface area contributed by atoms with Gasteiger partial charge in [0.05, 0.1) is 11.3 Å². The van der Waals surface area contributed by atoms with Gasteiger partial charge in [0.25, 0.3) is 0 Å². The SMILES string of the molecule is CC(C)CNc1ccc(C(=O)O)cc1S(=O)(=O)NC1CC1. The van der Waals surface area contributed by atoms with E-state index < -0.39 is 16.0 Å². The molecule has 0 aliphatic heterocycles. The molecule has 1 aliphatic rings. The number of aromatic carboxylic acids is 1. The molecular formula is C14H20N2O4S. The van der Waals surface area contributed by atoms with Crippen LogP contribution in [0.15, 0.2) is 23.1 Å². The van der Waals surface area contributed by atoms with E-state index in [0.29, 0.717) is 18.2 Å². The molecule has 1 fully saturated rings. The lowest BCUT2D eigenvalue weighted by atomic mass is 10.2. The number of hydrogen-bond acceptors (Lipinski definition) is 4. The van der Waals surface area contributed by atoms with E-state index in [1.165, 1.54) is 18.2 Å². The monoisotopic (exact) mass is 312 g/mol. The molecule has 1 saturated carbocycles. The molecule has 0 amide bonds. The Balaban J connectivity index is 2.37. The van der Waals surface area contributed by atoms with Crippen LogP contribution in [-0.4, -0.2) is 32.1 Å². The highest BCUT2D eigenvalue weighted by molar-refractivity contribution is 7.89. The van der Waals surface area contributed by atoms with Crippen molar-refractivity contribution in [3.05, 3.63) is 23.8 Å². The summed E-state index contributed by atoms with van der Waals surface area (Å²) in [6, 6.07) is 4.09. The molecule has 1 aromatic rings. The van der Waals surface area contributed by atoms with Gasteiger partial charge in [-0.15, -0.1) is 0 Å². The maximum atomic E-state index is 12.4. The second-order valence-electron chi connectivity index (χ2n) is 5.69. The Labute approximate surface area is 124 Å². The fraction of sp³-hybridized carbons (Fsp3) is 0.500. The first-order valence-corrected chi connectivity index (χ1v) is 8.41. The number of nitrogens with one attached hydrogen (secondary N) is 2. The summed E-state index contributed by atoms with van der Waals surface area (Å²) in [5.74, 6) is -0.802. The standard InChI is InChI=1S/C14H20N2O4S/c1-9(2)8-15-12-6-3-10(14(17)18)7-13(12)21(19,20)16-11-4-5-11/h3,6-7,9,11,15-16H,4-5,8H2,1-2H3,(H,17,18). The minimum Gasteiger partial charge on any atom is -0.478 e. The first-order valence-electron chi connectivity index (χ1n) is 6.93. The van der Waals surface area contributed by atoms with E-state index in [1.54, 1.807) is 0 Å². The molecule has 21 heavy (non-hydrogen) atoms. The molecule has 6 nitrogen and oxygen atoms in total. The van der Waals surface area contributed by atoms with Gasteiger partial charge in [-0.25, -0.2) is 17.9 Å². The number of rotatable bonds is 7. The Bertz CT molecular complexity index is 636. The summed E-state index contributed by atoms with van der Waals surface area (Å²) in [4.78, 5) is 11.1. The van der Waals surface area contributed by atoms with Crippen molar-refractivity contribution in [2.45, 2.75) is 37.6 Å². The highest BCUT2D eigenvalue weighted by Gasteiger charge is 2.30. The van der Waals surface area contributed by atoms with Gasteiger partial charge >= 0.3 is 5.97 Å². The van der Waals surface area contributed by atoms with E-state index in [-0.39, 0.29) is 16.5 Å². The van der Waals surface area contributed by atoms with Gasteiger partial charge in [-0.05, 0) is 37.0 Å². The summed E-state index contributed by atoms with van der Waals surface area (Å²) < 4.78 is 27.3. The fourth-order valence-electron chi connectivity index (χ4n) is 1.82. The van der Waals surface area contributed by atoms with E-state index >= 15 is 0 Å². The van der Waals surface area contributed by atoms with Gasteiger partial charge in [-0.1, -0.05) is 13.8 Å². The molecule has 0 saturated heterocycles. The molecule has 0 unspecified atom stereocenters. The second kappa shape index (κ2) is 6.03. The Hall–Kier alpha value is -1.60. The largest absolute Gasteiger partial charge is 0.478 e. The number of hydrogen-bond donors (Lipinski definition) is 3. The summed E-state index contributed by atoms with van der Waals surface area (Å²) in [5, 5.41) is 12.1. The summed E-state index contributed by atoms with van der Waals surface area (Å²) in [7, 11) is -3.71. The van der Waals surface area contributed by atoms with Gasteiger partial charge in [0, 0.05) is 12.6 Å². The molecule has 0 atom stereocenters. The second-order valence-corrected chi connectivity index (χ2v) is 7.37. The highest BCUT2D eigenvalue weighted by Crippen LogP contribution is 2.27. The molecule has 3 N–H and O–H groups in total. The number of sulfonamides is 1. The Morgan fingerprint density at radius 2 is 2.05 bits per heavy atom. The van der Waals surface area contributed by atoms with E-state index in [9.17, 15) is 13.2 Å². The quantitative estimate of drug-likeness (QED) is 0.714. The van der Waals surface area contributed by atoms with Crippen LogP contribution in [0, 0.1) is 5.92 Å². The predicted molar refractivity (Wildman–Crippen MR) is 80.1 cm³/mol. The van der Waals surface area contributed by atoms with Gasteiger partial charge in [-0.3, -0.25) is 0 Å². The summed E-state index contributed by atoms with van der Waals surface area (Å²) >= 11 is 0. The minimum absolute atomic E-state index is 0.00468. The summed E-state index contributed by atoms with van der Waals surface area (Å²) in [5.41, 5.74) is 0.392. The van der Waals surface area contributed by atoms with Gasteiger partial charge < -0.3 is 10.4 Å². The number of carbonyl (C=O) groups is 1. The van der Waals surface area contributed by atoms with Crippen molar-refractivity contribution in [2.24, 2.45) is 5.92 Å². The molecule has 2 rings (SSSR count). The molecular weight excluding hydrogens is 292 g/mol. The maximum Gasteiger partial charge on any atom is 0.335 e. The normalized spacial score (nSPS) is 15.2. The molecule has 0 aromatic heterocycles. The fourth-order valence-corrected chi connectivity index (χ4v) is 3.34. The first kappa shape index (κ1) is 15.8. The van der Waals surface area contributed by atoms with Crippen molar-refractivity contribution in [3.8, 4) is 0 Å². The first-order chi connectivity index (χ1) is 9.79. The smallest absolute Gasteiger partial charge is 0.335 e. The lowest BCUT2D eigenvalue weighted by molar-refractivity contribution is 0.0696. The van der Waals surface area contributed by atoms with Crippen LogP contribution in [0.3, 0.4) is 0 Å². The van der Waals surface area contributed by atoms with E-state index in [1.807, 2.05) is 13.8 Å². The van der Waals surface area contributed by atoms with Crippen molar-refractivity contribution >= 4 is 21.7 Å². The zero-order valence-electron chi connectivity index (χ0n) is 12.1. The van der Waals surface area contributed by atoms with E-state index in [4.69, 9.17) is 5.11 Å². The maximum absolute atomic E-state index is 12.4. The molecule has 0 bridgehead atoms. The Kier molecular flexibility index (Phi) is 4.53. The molecule has 1 aliphatic carbocycles. The average molecular weight is 312 g/mol. The lowest BCUT2D eigenvalue weighted by Gasteiger charge is -2.15. The van der Waals surface area contributed by atoms with Gasteiger partial charge in [-0.2, -0.15) is 0 Å². The number of carboxylic acids is 1. The lowest BCUT2D eigenvalue weighted by Crippen LogP contribution is -2.27. The molecule has 0 radical (unpaired) electrons. The van der Waals surface area contributed by atoms with Crippen LogP contribution in [0.5, 0.6) is 0 Å². The highest BCUT2D eigenvalue weighted by atomic mass is 32.2. The summed E-state index contributed by atoms with van der Waals surface area (Å²) in [6.45, 7) is 4.63. The number of benzene rings is 1. The minimum atomic E-state index is -3.71. The number of anilines is 1. The zero-order valence-corrected chi connectivity index (χ0v) is 12.9. The molecule has 0 heterocycles. The topological polar surface area (TPSA) is 95.5 Å².